The molecule has 0 atom stereocenters. The third kappa shape index (κ3) is 3.77. The standard InChI is InChI=1S/C14H20ClN5/c1-14(2,6-8-20(3)4)19-12-10-5-7-16-9-11(10)17-13(15)18-12/h5,7,9H,6,8H2,1-4H3,(H,17,18,19). The lowest BCUT2D eigenvalue weighted by molar-refractivity contribution is 0.356. The monoisotopic (exact) mass is 293 g/mol. The first-order chi connectivity index (χ1) is 9.37. The van der Waals surface area contributed by atoms with Crippen molar-refractivity contribution in [2.45, 2.75) is 25.8 Å². The van der Waals surface area contributed by atoms with Crippen molar-refractivity contribution < 1.29 is 0 Å². The summed E-state index contributed by atoms with van der Waals surface area (Å²) in [4.78, 5) is 14.7. The van der Waals surface area contributed by atoms with Crippen molar-refractivity contribution >= 4 is 28.3 Å². The molecule has 108 valence electrons. The number of anilines is 1. The van der Waals surface area contributed by atoms with Gasteiger partial charge in [-0.15, -0.1) is 0 Å². The fourth-order valence-electron chi connectivity index (χ4n) is 1.93. The molecule has 0 aliphatic rings. The van der Waals surface area contributed by atoms with Crippen LogP contribution in [0.5, 0.6) is 0 Å². The highest BCUT2D eigenvalue weighted by Crippen LogP contribution is 2.25. The summed E-state index contributed by atoms with van der Waals surface area (Å²) in [6.07, 6.45) is 4.42. The zero-order valence-corrected chi connectivity index (χ0v) is 13.1. The SMILES string of the molecule is CN(C)CCC(C)(C)Nc1nc(Cl)nc2cnccc12. The van der Waals surface area contributed by atoms with E-state index in [0.717, 1.165) is 29.7 Å². The molecule has 2 aromatic heterocycles. The minimum Gasteiger partial charge on any atom is -0.364 e. The Morgan fingerprint density at radius 2 is 2.05 bits per heavy atom. The van der Waals surface area contributed by atoms with Gasteiger partial charge in [0.1, 0.15) is 5.82 Å². The van der Waals surface area contributed by atoms with E-state index in [-0.39, 0.29) is 10.8 Å². The highest BCUT2D eigenvalue weighted by atomic mass is 35.5. The first-order valence-corrected chi connectivity index (χ1v) is 6.95. The van der Waals surface area contributed by atoms with Gasteiger partial charge in [0.2, 0.25) is 5.28 Å². The molecule has 0 radical (unpaired) electrons. The van der Waals surface area contributed by atoms with Gasteiger partial charge in [0, 0.05) is 17.1 Å². The molecule has 0 bridgehead atoms. The maximum absolute atomic E-state index is 5.98. The van der Waals surface area contributed by atoms with Crippen LogP contribution in [0.2, 0.25) is 5.28 Å². The summed E-state index contributed by atoms with van der Waals surface area (Å²) in [7, 11) is 4.14. The lowest BCUT2D eigenvalue weighted by Gasteiger charge is -2.28. The molecule has 6 heteroatoms. The van der Waals surface area contributed by atoms with Gasteiger partial charge in [-0.3, -0.25) is 4.98 Å². The summed E-state index contributed by atoms with van der Waals surface area (Å²) in [6, 6.07) is 1.90. The van der Waals surface area contributed by atoms with Crippen molar-refractivity contribution in [1.82, 2.24) is 19.9 Å². The topological polar surface area (TPSA) is 53.9 Å². The Hall–Kier alpha value is -1.46. The van der Waals surface area contributed by atoms with Crippen molar-refractivity contribution in [3.05, 3.63) is 23.7 Å². The summed E-state index contributed by atoms with van der Waals surface area (Å²) in [6.45, 7) is 5.30. The Labute approximate surface area is 124 Å². The summed E-state index contributed by atoms with van der Waals surface area (Å²) in [5.41, 5.74) is 0.663. The van der Waals surface area contributed by atoms with Crippen LogP contribution in [-0.4, -0.2) is 46.0 Å². The molecular formula is C14H20ClN5. The minimum atomic E-state index is -0.0852. The second kappa shape index (κ2) is 5.89. The molecular weight excluding hydrogens is 274 g/mol. The van der Waals surface area contributed by atoms with Crippen molar-refractivity contribution in [3.8, 4) is 0 Å². The van der Waals surface area contributed by atoms with E-state index in [1.807, 2.05) is 6.07 Å². The fraction of sp³-hybridized carbons (Fsp3) is 0.500. The van der Waals surface area contributed by atoms with Crippen LogP contribution < -0.4 is 5.32 Å². The highest BCUT2D eigenvalue weighted by molar-refractivity contribution is 6.28. The van der Waals surface area contributed by atoms with E-state index in [4.69, 9.17) is 11.6 Å². The average Bonchev–Trinajstić information content (AvgIpc) is 2.36. The highest BCUT2D eigenvalue weighted by Gasteiger charge is 2.20. The molecule has 2 rings (SSSR count). The van der Waals surface area contributed by atoms with Crippen molar-refractivity contribution in [2.75, 3.05) is 26.0 Å². The summed E-state index contributed by atoms with van der Waals surface area (Å²) in [5, 5.41) is 4.63. The Kier molecular flexibility index (Phi) is 4.40. The molecule has 1 N–H and O–H groups in total. The quantitative estimate of drug-likeness (QED) is 0.859. The Morgan fingerprint density at radius 3 is 2.75 bits per heavy atom. The molecule has 0 aliphatic carbocycles. The molecule has 0 saturated heterocycles. The number of nitrogens with one attached hydrogen (secondary N) is 1. The van der Waals surface area contributed by atoms with Crippen molar-refractivity contribution in [1.29, 1.82) is 0 Å². The first kappa shape index (κ1) is 14.9. The lowest BCUT2D eigenvalue weighted by atomic mass is 10.00. The van der Waals surface area contributed by atoms with E-state index >= 15 is 0 Å². The Morgan fingerprint density at radius 1 is 1.30 bits per heavy atom. The Balaban J connectivity index is 2.28. The van der Waals surface area contributed by atoms with Crippen molar-refractivity contribution in [3.63, 3.8) is 0 Å². The van der Waals surface area contributed by atoms with Gasteiger partial charge >= 0.3 is 0 Å². The van der Waals surface area contributed by atoms with Gasteiger partial charge in [-0.05, 0) is 58.6 Å². The predicted octanol–water partition coefficient (Wildman–Crippen LogP) is 2.82. The average molecular weight is 294 g/mol. The zero-order chi connectivity index (χ0) is 14.8. The van der Waals surface area contributed by atoms with E-state index in [0.29, 0.717) is 0 Å². The van der Waals surface area contributed by atoms with Crippen LogP contribution in [0.15, 0.2) is 18.5 Å². The Bertz CT molecular complexity index is 597. The van der Waals surface area contributed by atoms with Crippen LogP contribution in [0.4, 0.5) is 5.82 Å². The van der Waals surface area contributed by atoms with Crippen LogP contribution in [0.25, 0.3) is 10.9 Å². The van der Waals surface area contributed by atoms with Gasteiger partial charge < -0.3 is 10.2 Å². The van der Waals surface area contributed by atoms with Crippen LogP contribution in [0.3, 0.4) is 0 Å². The molecule has 0 amide bonds. The van der Waals surface area contributed by atoms with E-state index in [9.17, 15) is 0 Å². The second-order valence-corrected chi connectivity index (χ2v) is 6.13. The van der Waals surface area contributed by atoms with Gasteiger partial charge in [0.25, 0.3) is 0 Å². The first-order valence-electron chi connectivity index (χ1n) is 6.57. The number of nitrogens with zero attached hydrogens (tertiary/aromatic N) is 4. The molecule has 0 aliphatic heterocycles. The van der Waals surface area contributed by atoms with E-state index in [1.165, 1.54) is 0 Å². The van der Waals surface area contributed by atoms with Gasteiger partial charge in [-0.2, -0.15) is 0 Å². The minimum absolute atomic E-state index is 0.0852. The van der Waals surface area contributed by atoms with Gasteiger partial charge in [0.05, 0.1) is 11.7 Å². The largest absolute Gasteiger partial charge is 0.364 e. The third-order valence-corrected chi connectivity index (χ3v) is 3.28. The fourth-order valence-corrected chi connectivity index (χ4v) is 2.11. The molecule has 0 aromatic carbocycles. The van der Waals surface area contributed by atoms with Crippen molar-refractivity contribution in [2.24, 2.45) is 0 Å². The summed E-state index contributed by atoms with van der Waals surface area (Å²) in [5.74, 6) is 0.756. The number of hydrogen-bond acceptors (Lipinski definition) is 5. The second-order valence-electron chi connectivity index (χ2n) is 5.80. The number of halogens is 1. The number of hydrogen-bond donors (Lipinski definition) is 1. The van der Waals surface area contributed by atoms with Crippen LogP contribution in [0, 0.1) is 0 Å². The maximum Gasteiger partial charge on any atom is 0.224 e. The molecule has 5 nitrogen and oxygen atoms in total. The molecule has 2 aromatic rings. The molecule has 0 spiro atoms. The van der Waals surface area contributed by atoms with Crippen LogP contribution in [-0.2, 0) is 0 Å². The molecule has 2 heterocycles. The lowest BCUT2D eigenvalue weighted by Crippen LogP contribution is -2.35. The maximum atomic E-state index is 5.98. The number of fused-ring (bicyclic) bond motifs is 1. The zero-order valence-electron chi connectivity index (χ0n) is 12.3. The van der Waals surface area contributed by atoms with Gasteiger partial charge in [0.15, 0.2) is 0 Å². The normalized spacial score (nSPS) is 12.1. The molecule has 0 fully saturated rings. The van der Waals surface area contributed by atoms with Crippen LogP contribution >= 0.6 is 11.6 Å². The summed E-state index contributed by atoms with van der Waals surface area (Å²) >= 11 is 5.98. The van der Waals surface area contributed by atoms with Gasteiger partial charge in [-0.25, -0.2) is 9.97 Å². The van der Waals surface area contributed by atoms with E-state index in [1.54, 1.807) is 12.4 Å². The number of aromatic nitrogens is 3. The van der Waals surface area contributed by atoms with E-state index in [2.05, 4.69) is 53.1 Å². The number of pyridine rings is 1. The predicted molar refractivity (Wildman–Crippen MR) is 83.2 cm³/mol. The molecule has 20 heavy (non-hydrogen) atoms. The molecule has 0 saturated carbocycles. The summed E-state index contributed by atoms with van der Waals surface area (Å²) < 4.78 is 0. The smallest absolute Gasteiger partial charge is 0.224 e. The van der Waals surface area contributed by atoms with Gasteiger partial charge in [-0.1, -0.05) is 0 Å². The number of rotatable bonds is 5. The molecule has 0 unspecified atom stereocenters. The third-order valence-electron chi connectivity index (χ3n) is 3.11. The van der Waals surface area contributed by atoms with Crippen LogP contribution in [0.1, 0.15) is 20.3 Å². The van der Waals surface area contributed by atoms with E-state index < -0.39 is 0 Å².